The highest BCUT2D eigenvalue weighted by Crippen LogP contribution is 2.23. The second-order valence-corrected chi connectivity index (χ2v) is 3.21. The van der Waals surface area contributed by atoms with Crippen molar-refractivity contribution in [1.29, 1.82) is 0 Å². The van der Waals surface area contributed by atoms with Crippen LogP contribution in [0.25, 0.3) is 6.08 Å². The fourth-order valence-electron chi connectivity index (χ4n) is 1.39. The molecule has 0 spiro atoms. The molecular weight excluding hydrogens is 211 g/mol. The Labute approximate surface area is 93.2 Å². The number of methoxy groups -OCH3 is 1. The van der Waals surface area contributed by atoms with E-state index in [4.69, 9.17) is 9.84 Å². The average molecular weight is 224 g/mol. The highest BCUT2D eigenvalue weighted by molar-refractivity contribution is 5.85. The minimum absolute atomic E-state index is 0.171. The van der Waals surface area contributed by atoms with Gasteiger partial charge in [0.25, 0.3) is 0 Å². The van der Waals surface area contributed by atoms with Crippen LogP contribution in [0.15, 0.2) is 18.2 Å². The Morgan fingerprint density at radius 2 is 2.25 bits per heavy atom. The van der Waals surface area contributed by atoms with Crippen LogP contribution in [0.2, 0.25) is 0 Å². The van der Waals surface area contributed by atoms with E-state index in [9.17, 15) is 9.18 Å². The molecule has 0 bridgehead atoms. The van der Waals surface area contributed by atoms with Crippen molar-refractivity contribution in [3.05, 3.63) is 35.2 Å². The van der Waals surface area contributed by atoms with E-state index in [0.717, 1.165) is 11.6 Å². The normalized spacial score (nSPS) is 10.7. The van der Waals surface area contributed by atoms with Crippen LogP contribution < -0.4 is 4.74 Å². The predicted octanol–water partition coefficient (Wildman–Crippen LogP) is 2.49. The Morgan fingerprint density at radius 3 is 2.75 bits per heavy atom. The van der Waals surface area contributed by atoms with E-state index in [1.54, 1.807) is 6.07 Å². The first-order valence-electron chi connectivity index (χ1n) is 4.86. The van der Waals surface area contributed by atoms with Gasteiger partial charge in [0.2, 0.25) is 0 Å². The zero-order valence-corrected chi connectivity index (χ0v) is 9.16. The lowest BCUT2D eigenvalue weighted by Gasteiger charge is -2.07. The third-order valence-electron chi connectivity index (χ3n) is 2.20. The van der Waals surface area contributed by atoms with Gasteiger partial charge in [-0.2, -0.15) is 0 Å². The molecule has 3 nitrogen and oxygen atoms in total. The van der Waals surface area contributed by atoms with Gasteiger partial charge in [0.1, 0.15) is 0 Å². The number of carboxylic acids is 1. The van der Waals surface area contributed by atoms with Crippen molar-refractivity contribution >= 4 is 12.0 Å². The topological polar surface area (TPSA) is 46.5 Å². The minimum atomic E-state index is -1.06. The second-order valence-electron chi connectivity index (χ2n) is 3.21. The summed E-state index contributed by atoms with van der Waals surface area (Å²) in [6.07, 6.45) is 3.04. The van der Waals surface area contributed by atoms with Gasteiger partial charge in [0.05, 0.1) is 7.11 Å². The monoisotopic (exact) mass is 224 g/mol. The van der Waals surface area contributed by atoms with Crippen LogP contribution >= 0.6 is 0 Å². The molecule has 4 heteroatoms. The van der Waals surface area contributed by atoms with Gasteiger partial charge in [0.15, 0.2) is 11.6 Å². The summed E-state index contributed by atoms with van der Waals surface area (Å²) in [7, 11) is 1.39. The molecule has 86 valence electrons. The number of rotatable bonds is 4. The molecule has 0 radical (unpaired) electrons. The molecule has 0 saturated carbocycles. The van der Waals surface area contributed by atoms with Gasteiger partial charge >= 0.3 is 5.97 Å². The second kappa shape index (κ2) is 5.30. The summed E-state index contributed by atoms with van der Waals surface area (Å²) in [5.41, 5.74) is 1.40. The number of hydrogen-bond donors (Lipinski definition) is 1. The summed E-state index contributed by atoms with van der Waals surface area (Å²) in [4.78, 5) is 10.4. The van der Waals surface area contributed by atoms with Crippen LogP contribution in [-0.4, -0.2) is 18.2 Å². The van der Waals surface area contributed by atoms with Crippen LogP contribution in [0.5, 0.6) is 5.75 Å². The molecule has 1 aromatic carbocycles. The lowest BCUT2D eigenvalue weighted by Crippen LogP contribution is -1.95. The summed E-state index contributed by atoms with van der Waals surface area (Å²) >= 11 is 0. The van der Waals surface area contributed by atoms with Crippen LogP contribution in [-0.2, 0) is 11.2 Å². The maximum atomic E-state index is 13.4. The summed E-state index contributed by atoms with van der Waals surface area (Å²) < 4.78 is 18.2. The van der Waals surface area contributed by atoms with Crippen LogP contribution in [0.1, 0.15) is 18.1 Å². The van der Waals surface area contributed by atoms with E-state index in [-0.39, 0.29) is 5.75 Å². The third kappa shape index (κ3) is 2.82. The van der Waals surface area contributed by atoms with E-state index in [1.165, 1.54) is 19.3 Å². The van der Waals surface area contributed by atoms with Crippen LogP contribution in [0.3, 0.4) is 0 Å². The van der Waals surface area contributed by atoms with E-state index in [0.29, 0.717) is 12.0 Å². The van der Waals surface area contributed by atoms with E-state index >= 15 is 0 Å². The van der Waals surface area contributed by atoms with E-state index < -0.39 is 11.8 Å². The fourth-order valence-corrected chi connectivity index (χ4v) is 1.39. The minimum Gasteiger partial charge on any atom is -0.494 e. The maximum Gasteiger partial charge on any atom is 0.328 e. The summed E-state index contributed by atoms with van der Waals surface area (Å²) in [6, 6.07) is 2.86. The smallest absolute Gasteiger partial charge is 0.328 e. The predicted molar refractivity (Wildman–Crippen MR) is 59.0 cm³/mol. The van der Waals surface area contributed by atoms with Crippen LogP contribution in [0.4, 0.5) is 4.39 Å². The molecule has 0 fully saturated rings. The van der Waals surface area contributed by atoms with Crippen molar-refractivity contribution in [2.75, 3.05) is 7.11 Å². The summed E-state index contributed by atoms with van der Waals surface area (Å²) in [5.74, 6) is -1.38. The number of aryl methyl sites for hydroxylation is 1. The highest BCUT2D eigenvalue weighted by Gasteiger charge is 2.07. The first-order valence-corrected chi connectivity index (χ1v) is 4.86. The van der Waals surface area contributed by atoms with Crippen molar-refractivity contribution in [2.45, 2.75) is 13.3 Å². The van der Waals surface area contributed by atoms with Gasteiger partial charge in [-0.1, -0.05) is 6.92 Å². The van der Waals surface area contributed by atoms with E-state index in [1.807, 2.05) is 6.92 Å². The zero-order valence-electron chi connectivity index (χ0n) is 9.16. The molecule has 0 unspecified atom stereocenters. The van der Waals surface area contributed by atoms with Crippen molar-refractivity contribution in [2.24, 2.45) is 0 Å². The lowest BCUT2D eigenvalue weighted by molar-refractivity contribution is -0.131. The van der Waals surface area contributed by atoms with Crippen LogP contribution in [0, 0.1) is 5.82 Å². The number of ether oxygens (including phenoxy) is 1. The number of aliphatic carboxylic acids is 1. The molecule has 0 aliphatic rings. The SMILES string of the molecule is CCc1cc(OC)c(F)cc1C=CC(=O)O. The number of hydrogen-bond acceptors (Lipinski definition) is 2. The van der Waals surface area contributed by atoms with Crippen molar-refractivity contribution in [3.8, 4) is 5.75 Å². The third-order valence-corrected chi connectivity index (χ3v) is 2.20. The fraction of sp³-hybridized carbons (Fsp3) is 0.250. The molecule has 0 heterocycles. The van der Waals surface area contributed by atoms with Crippen molar-refractivity contribution < 1.29 is 19.0 Å². The molecule has 0 aromatic heterocycles. The van der Waals surface area contributed by atoms with Gasteiger partial charge in [-0.25, -0.2) is 9.18 Å². The molecule has 0 aliphatic heterocycles. The standard InChI is InChI=1S/C12H13FO3/c1-3-8-7-11(16-2)10(13)6-9(8)4-5-12(14)15/h4-7H,3H2,1-2H3,(H,14,15). The molecule has 0 aliphatic carbocycles. The summed E-state index contributed by atoms with van der Waals surface area (Å²) in [6.45, 7) is 1.91. The Balaban J connectivity index is 3.18. The van der Waals surface area contributed by atoms with Gasteiger partial charge in [0, 0.05) is 6.08 Å². The molecule has 0 amide bonds. The van der Waals surface area contributed by atoms with Gasteiger partial charge in [-0.3, -0.25) is 0 Å². The molecule has 0 saturated heterocycles. The maximum absolute atomic E-state index is 13.4. The van der Waals surface area contributed by atoms with Gasteiger partial charge in [-0.05, 0) is 35.8 Å². The van der Waals surface area contributed by atoms with Crippen molar-refractivity contribution in [1.82, 2.24) is 0 Å². The quantitative estimate of drug-likeness (QED) is 0.799. The summed E-state index contributed by atoms with van der Waals surface area (Å²) in [5, 5.41) is 8.50. The molecule has 1 rings (SSSR count). The highest BCUT2D eigenvalue weighted by atomic mass is 19.1. The van der Waals surface area contributed by atoms with Gasteiger partial charge < -0.3 is 9.84 Å². The molecular formula is C12H13FO3. The number of benzene rings is 1. The number of carboxylic acid groups (broad SMARTS) is 1. The first-order chi connectivity index (χ1) is 7.58. The average Bonchev–Trinajstić information content (AvgIpc) is 2.26. The van der Waals surface area contributed by atoms with E-state index in [2.05, 4.69) is 0 Å². The largest absolute Gasteiger partial charge is 0.494 e. The molecule has 1 N–H and O–H groups in total. The van der Waals surface area contributed by atoms with Crippen molar-refractivity contribution in [3.63, 3.8) is 0 Å². The Morgan fingerprint density at radius 1 is 1.56 bits per heavy atom. The Bertz CT molecular complexity index is 425. The Hall–Kier alpha value is -1.84. The number of carbonyl (C=O) groups is 1. The molecule has 1 aromatic rings. The first kappa shape index (κ1) is 12.2. The number of halogens is 1. The lowest BCUT2D eigenvalue weighted by atomic mass is 10.0. The molecule has 16 heavy (non-hydrogen) atoms. The van der Waals surface area contributed by atoms with Gasteiger partial charge in [-0.15, -0.1) is 0 Å². The molecule has 0 atom stereocenters. The Kier molecular flexibility index (Phi) is 4.05. The zero-order chi connectivity index (χ0) is 12.1.